The molecule has 1 aromatic carbocycles. The van der Waals surface area contributed by atoms with Gasteiger partial charge in [0.15, 0.2) is 5.82 Å². The van der Waals surface area contributed by atoms with Crippen LogP contribution in [0.25, 0.3) is 0 Å². The Labute approximate surface area is 111 Å². The maximum Gasteiger partial charge on any atom is 0.363 e. The van der Waals surface area contributed by atoms with Crippen LogP contribution in [0.2, 0.25) is 0 Å². The Morgan fingerprint density at radius 2 is 2.33 bits per heavy atom. The Balaban J connectivity index is 2.12. The van der Waals surface area contributed by atoms with Crippen molar-refractivity contribution < 1.29 is 0 Å². The van der Waals surface area contributed by atoms with E-state index in [4.69, 9.17) is 0 Å². The number of aryl methyl sites for hydroxylation is 1. The van der Waals surface area contributed by atoms with Crippen molar-refractivity contribution in [1.82, 2.24) is 15.2 Å². The van der Waals surface area contributed by atoms with Crippen molar-refractivity contribution >= 4 is 28.0 Å². The summed E-state index contributed by atoms with van der Waals surface area (Å²) in [5.41, 5.74) is 3.66. The zero-order valence-electron chi connectivity index (χ0n) is 9.51. The summed E-state index contributed by atoms with van der Waals surface area (Å²) in [6.45, 7) is 1.72. The molecule has 0 bridgehead atoms. The Bertz CT molecular complexity index is 637. The number of H-pyrrole nitrogens is 1. The molecule has 6 nitrogen and oxygen atoms in total. The molecule has 0 saturated carbocycles. The van der Waals surface area contributed by atoms with Crippen molar-refractivity contribution in [3.63, 3.8) is 0 Å². The van der Waals surface area contributed by atoms with Crippen LogP contribution in [0.1, 0.15) is 11.3 Å². The van der Waals surface area contributed by atoms with Crippen LogP contribution < -0.4 is 11.1 Å². The standard InChI is InChI=1S/C11H10BrN5O/c1-7-10(14-11(18)17-15-7)16-13-6-8-3-2-4-9(12)5-8/h2-6H,1H3,(H2,14,16,17,18)/b13-6-. The SMILES string of the molecule is Cc1n[nH]c(=O)nc1N/N=C\c1cccc(Br)c1. The Morgan fingerprint density at radius 3 is 3.11 bits per heavy atom. The quantitative estimate of drug-likeness (QED) is 0.667. The van der Waals surface area contributed by atoms with E-state index in [9.17, 15) is 4.79 Å². The Kier molecular flexibility index (Phi) is 3.83. The third-order valence-electron chi connectivity index (χ3n) is 2.11. The highest BCUT2D eigenvalue weighted by Crippen LogP contribution is 2.10. The van der Waals surface area contributed by atoms with Crippen molar-refractivity contribution in [3.05, 3.63) is 50.5 Å². The number of nitrogens with one attached hydrogen (secondary N) is 2. The van der Waals surface area contributed by atoms with E-state index in [0.717, 1.165) is 10.0 Å². The number of hydrogen-bond donors (Lipinski definition) is 2. The number of hydrogen-bond acceptors (Lipinski definition) is 5. The van der Waals surface area contributed by atoms with Gasteiger partial charge in [0, 0.05) is 4.47 Å². The Morgan fingerprint density at radius 1 is 1.50 bits per heavy atom. The van der Waals surface area contributed by atoms with E-state index < -0.39 is 5.69 Å². The van der Waals surface area contributed by atoms with Crippen molar-refractivity contribution in [2.75, 3.05) is 5.43 Å². The summed E-state index contributed by atoms with van der Waals surface area (Å²) in [5.74, 6) is 0.338. The second-order valence-electron chi connectivity index (χ2n) is 3.50. The minimum atomic E-state index is -0.513. The predicted octanol–water partition coefficient (Wildman–Crippen LogP) is 1.68. The largest absolute Gasteiger partial charge is 0.363 e. The van der Waals surface area contributed by atoms with Gasteiger partial charge in [-0.3, -0.25) is 5.43 Å². The molecule has 2 rings (SSSR count). The molecule has 0 amide bonds. The molecule has 92 valence electrons. The van der Waals surface area contributed by atoms with Gasteiger partial charge < -0.3 is 0 Å². The third-order valence-corrected chi connectivity index (χ3v) is 2.60. The first-order valence-electron chi connectivity index (χ1n) is 5.13. The molecule has 7 heteroatoms. The lowest BCUT2D eigenvalue weighted by molar-refractivity contribution is 0.879. The highest BCUT2D eigenvalue weighted by molar-refractivity contribution is 9.10. The van der Waals surface area contributed by atoms with Crippen LogP contribution >= 0.6 is 15.9 Å². The third kappa shape index (κ3) is 3.24. The van der Waals surface area contributed by atoms with Gasteiger partial charge in [-0.15, -0.1) is 0 Å². The van der Waals surface area contributed by atoms with Crippen molar-refractivity contribution in [3.8, 4) is 0 Å². The monoisotopic (exact) mass is 307 g/mol. The molecule has 1 aromatic heterocycles. The first kappa shape index (κ1) is 12.4. The number of nitrogens with zero attached hydrogens (tertiary/aromatic N) is 3. The summed E-state index contributed by atoms with van der Waals surface area (Å²) in [5, 5.41) is 10.0. The van der Waals surface area contributed by atoms with Crippen LogP contribution in [0.3, 0.4) is 0 Å². The van der Waals surface area contributed by atoms with Gasteiger partial charge in [0.1, 0.15) is 5.69 Å². The maximum atomic E-state index is 11.0. The fraction of sp³-hybridized carbons (Fsp3) is 0.0909. The first-order chi connectivity index (χ1) is 8.65. The number of aromatic nitrogens is 3. The summed E-state index contributed by atoms with van der Waals surface area (Å²) >= 11 is 3.37. The Hall–Kier alpha value is -2.02. The molecule has 2 aromatic rings. The van der Waals surface area contributed by atoms with Crippen LogP contribution in [0.4, 0.5) is 5.82 Å². The van der Waals surface area contributed by atoms with E-state index in [0.29, 0.717) is 11.5 Å². The van der Waals surface area contributed by atoms with E-state index in [1.54, 1.807) is 13.1 Å². The molecule has 0 radical (unpaired) electrons. The van der Waals surface area contributed by atoms with Gasteiger partial charge in [-0.05, 0) is 24.6 Å². The number of hydrazone groups is 1. The number of benzene rings is 1. The van der Waals surface area contributed by atoms with E-state index in [1.807, 2.05) is 24.3 Å². The normalized spacial score (nSPS) is 10.8. The van der Waals surface area contributed by atoms with E-state index in [-0.39, 0.29) is 0 Å². The molecule has 0 unspecified atom stereocenters. The second-order valence-corrected chi connectivity index (χ2v) is 4.42. The molecular weight excluding hydrogens is 298 g/mol. The second kappa shape index (κ2) is 5.54. The number of anilines is 1. The predicted molar refractivity (Wildman–Crippen MR) is 72.7 cm³/mol. The first-order valence-corrected chi connectivity index (χ1v) is 5.92. The van der Waals surface area contributed by atoms with Gasteiger partial charge in [0.2, 0.25) is 0 Å². The fourth-order valence-electron chi connectivity index (χ4n) is 1.25. The maximum absolute atomic E-state index is 11.0. The summed E-state index contributed by atoms with van der Waals surface area (Å²) in [7, 11) is 0. The lowest BCUT2D eigenvalue weighted by Crippen LogP contribution is -2.15. The van der Waals surface area contributed by atoms with Gasteiger partial charge in [-0.2, -0.15) is 15.2 Å². The number of aromatic amines is 1. The lowest BCUT2D eigenvalue weighted by Gasteiger charge is -2.00. The summed E-state index contributed by atoms with van der Waals surface area (Å²) in [6, 6.07) is 7.66. The van der Waals surface area contributed by atoms with Gasteiger partial charge in [-0.1, -0.05) is 28.1 Å². The summed E-state index contributed by atoms with van der Waals surface area (Å²) in [4.78, 5) is 14.7. The molecule has 0 aliphatic rings. The number of halogens is 1. The average molecular weight is 308 g/mol. The average Bonchev–Trinajstić information content (AvgIpc) is 2.34. The summed E-state index contributed by atoms with van der Waals surface area (Å²) < 4.78 is 0.971. The molecule has 0 aliphatic carbocycles. The summed E-state index contributed by atoms with van der Waals surface area (Å²) in [6.07, 6.45) is 1.63. The molecule has 1 heterocycles. The van der Waals surface area contributed by atoms with Crippen molar-refractivity contribution in [2.45, 2.75) is 6.92 Å². The van der Waals surface area contributed by atoms with Crippen LogP contribution in [0.5, 0.6) is 0 Å². The zero-order valence-corrected chi connectivity index (χ0v) is 11.1. The molecular formula is C11H10BrN5O. The van der Waals surface area contributed by atoms with E-state index >= 15 is 0 Å². The van der Waals surface area contributed by atoms with E-state index in [1.165, 1.54) is 0 Å². The molecule has 0 atom stereocenters. The molecule has 0 saturated heterocycles. The molecule has 0 fully saturated rings. The van der Waals surface area contributed by atoms with Crippen molar-refractivity contribution in [2.24, 2.45) is 5.10 Å². The topological polar surface area (TPSA) is 83.0 Å². The zero-order chi connectivity index (χ0) is 13.0. The van der Waals surface area contributed by atoms with Crippen LogP contribution in [0, 0.1) is 6.92 Å². The van der Waals surface area contributed by atoms with Crippen molar-refractivity contribution in [1.29, 1.82) is 0 Å². The van der Waals surface area contributed by atoms with Gasteiger partial charge in [-0.25, -0.2) is 9.89 Å². The van der Waals surface area contributed by atoms with Crippen LogP contribution in [-0.4, -0.2) is 21.4 Å². The smallest absolute Gasteiger partial charge is 0.260 e. The lowest BCUT2D eigenvalue weighted by atomic mass is 10.2. The molecule has 18 heavy (non-hydrogen) atoms. The van der Waals surface area contributed by atoms with Crippen LogP contribution in [-0.2, 0) is 0 Å². The fourth-order valence-corrected chi connectivity index (χ4v) is 1.67. The highest BCUT2D eigenvalue weighted by Gasteiger charge is 1.99. The van der Waals surface area contributed by atoms with Gasteiger partial charge >= 0.3 is 5.69 Å². The molecule has 0 spiro atoms. The molecule has 2 N–H and O–H groups in total. The van der Waals surface area contributed by atoms with Crippen LogP contribution in [0.15, 0.2) is 38.6 Å². The van der Waals surface area contributed by atoms with Gasteiger partial charge in [0.25, 0.3) is 0 Å². The highest BCUT2D eigenvalue weighted by atomic mass is 79.9. The van der Waals surface area contributed by atoms with Gasteiger partial charge in [0.05, 0.1) is 6.21 Å². The number of rotatable bonds is 3. The van der Waals surface area contributed by atoms with E-state index in [2.05, 4.69) is 41.6 Å². The minimum absolute atomic E-state index is 0.338. The molecule has 0 aliphatic heterocycles. The minimum Gasteiger partial charge on any atom is -0.260 e.